The molecule has 0 amide bonds. The molecule has 0 unspecified atom stereocenters. The van der Waals surface area contributed by atoms with E-state index in [1.807, 2.05) is 30.3 Å². The van der Waals surface area contributed by atoms with Crippen molar-refractivity contribution in [2.75, 3.05) is 0 Å². The molecule has 0 saturated heterocycles. The van der Waals surface area contributed by atoms with E-state index in [-0.39, 0.29) is 0 Å². The number of aromatic nitrogens is 1. The SMILES string of the molecule is CC(C)c1ccccc1Oc1ccnc(CN)c1. The van der Waals surface area contributed by atoms with Gasteiger partial charge in [-0.3, -0.25) is 4.98 Å². The first kappa shape index (κ1) is 12.6. The first-order chi connectivity index (χ1) is 8.70. The number of para-hydroxylation sites is 1. The molecule has 0 aliphatic heterocycles. The number of ether oxygens (including phenoxy) is 1. The van der Waals surface area contributed by atoms with Crippen LogP contribution in [0, 0.1) is 0 Å². The molecule has 0 spiro atoms. The highest BCUT2D eigenvalue weighted by Gasteiger charge is 2.08. The average Bonchev–Trinajstić information content (AvgIpc) is 2.39. The Kier molecular flexibility index (Phi) is 3.95. The molecule has 0 aliphatic rings. The van der Waals surface area contributed by atoms with Gasteiger partial charge in [-0.1, -0.05) is 32.0 Å². The summed E-state index contributed by atoms with van der Waals surface area (Å²) in [4.78, 5) is 4.15. The van der Waals surface area contributed by atoms with Crippen LogP contribution in [0.2, 0.25) is 0 Å². The van der Waals surface area contributed by atoms with E-state index in [0.717, 1.165) is 17.2 Å². The number of benzene rings is 1. The fourth-order valence-electron chi connectivity index (χ4n) is 1.81. The standard InChI is InChI=1S/C15H18N2O/c1-11(2)14-5-3-4-6-15(14)18-13-7-8-17-12(9-13)10-16/h3-9,11H,10,16H2,1-2H3. The van der Waals surface area contributed by atoms with Crippen molar-refractivity contribution < 1.29 is 4.74 Å². The second-order valence-corrected chi connectivity index (χ2v) is 4.48. The minimum atomic E-state index is 0.420. The van der Waals surface area contributed by atoms with Crippen LogP contribution in [0.15, 0.2) is 42.6 Å². The van der Waals surface area contributed by atoms with Crippen LogP contribution in [0.4, 0.5) is 0 Å². The molecular formula is C15H18N2O. The summed E-state index contributed by atoms with van der Waals surface area (Å²) < 4.78 is 5.92. The largest absolute Gasteiger partial charge is 0.457 e. The molecule has 0 fully saturated rings. The smallest absolute Gasteiger partial charge is 0.130 e. The molecule has 18 heavy (non-hydrogen) atoms. The highest BCUT2D eigenvalue weighted by atomic mass is 16.5. The molecule has 1 aromatic heterocycles. The van der Waals surface area contributed by atoms with Crippen LogP contribution in [-0.4, -0.2) is 4.98 Å². The van der Waals surface area contributed by atoms with Gasteiger partial charge < -0.3 is 10.5 Å². The minimum absolute atomic E-state index is 0.420. The summed E-state index contributed by atoms with van der Waals surface area (Å²) in [7, 11) is 0. The van der Waals surface area contributed by atoms with Crippen LogP contribution in [0.1, 0.15) is 31.0 Å². The number of nitrogens with two attached hydrogens (primary N) is 1. The monoisotopic (exact) mass is 242 g/mol. The number of pyridine rings is 1. The molecule has 0 radical (unpaired) electrons. The van der Waals surface area contributed by atoms with Crippen molar-refractivity contribution in [1.29, 1.82) is 0 Å². The van der Waals surface area contributed by atoms with E-state index < -0.39 is 0 Å². The maximum absolute atomic E-state index is 5.92. The van der Waals surface area contributed by atoms with Crippen LogP contribution in [-0.2, 0) is 6.54 Å². The van der Waals surface area contributed by atoms with Crippen molar-refractivity contribution in [2.24, 2.45) is 5.73 Å². The molecule has 2 N–H and O–H groups in total. The highest BCUT2D eigenvalue weighted by molar-refractivity contribution is 5.39. The third-order valence-corrected chi connectivity index (χ3v) is 2.77. The Hall–Kier alpha value is -1.87. The number of nitrogens with zero attached hydrogens (tertiary/aromatic N) is 1. The minimum Gasteiger partial charge on any atom is -0.457 e. The lowest BCUT2D eigenvalue weighted by atomic mass is 10.0. The Morgan fingerprint density at radius 1 is 1.22 bits per heavy atom. The molecule has 1 heterocycles. The molecule has 2 aromatic rings. The van der Waals surface area contributed by atoms with Gasteiger partial charge in [0.2, 0.25) is 0 Å². The molecular weight excluding hydrogens is 224 g/mol. The quantitative estimate of drug-likeness (QED) is 0.893. The summed E-state index contributed by atoms with van der Waals surface area (Å²) in [5.41, 5.74) is 7.60. The second kappa shape index (κ2) is 5.65. The lowest BCUT2D eigenvalue weighted by Crippen LogP contribution is -2.00. The first-order valence-corrected chi connectivity index (χ1v) is 6.12. The zero-order valence-electron chi connectivity index (χ0n) is 10.8. The van der Waals surface area contributed by atoms with Gasteiger partial charge in [-0.05, 0) is 23.6 Å². The van der Waals surface area contributed by atoms with Gasteiger partial charge in [-0.2, -0.15) is 0 Å². The molecule has 94 valence electrons. The summed E-state index contributed by atoms with van der Waals surface area (Å²) in [6.45, 7) is 4.73. The topological polar surface area (TPSA) is 48.1 Å². The fraction of sp³-hybridized carbons (Fsp3) is 0.267. The number of hydrogen-bond donors (Lipinski definition) is 1. The lowest BCUT2D eigenvalue weighted by molar-refractivity contribution is 0.471. The van der Waals surface area contributed by atoms with Crippen molar-refractivity contribution in [3.05, 3.63) is 53.9 Å². The van der Waals surface area contributed by atoms with E-state index in [1.54, 1.807) is 6.20 Å². The van der Waals surface area contributed by atoms with Crippen molar-refractivity contribution >= 4 is 0 Å². The Labute approximate surface area is 108 Å². The predicted molar refractivity (Wildman–Crippen MR) is 72.7 cm³/mol. The van der Waals surface area contributed by atoms with E-state index >= 15 is 0 Å². The molecule has 1 aromatic carbocycles. The lowest BCUT2D eigenvalue weighted by Gasteiger charge is -2.13. The van der Waals surface area contributed by atoms with Gasteiger partial charge in [-0.15, -0.1) is 0 Å². The van der Waals surface area contributed by atoms with E-state index in [2.05, 4.69) is 24.9 Å². The number of hydrogen-bond acceptors (Lipinski definition) is 3. The highest BCUT2D eigenvalue weighted by Crippen LogP contribution is 2.30. The maximum Gasteiger partial charge on any atom is 0.130 e. The molecule has 2 rings (SSSR count). The predicted octanol–water partition coefficient (Wildman–Crippen LogP) is 3.46. The van der Waals surface area contributed by atoms with Crippen molar-refractivity contribution in [1.82, 2.24) is 4.98 Å². The van der Waals surface area contributed by atoms with Crippen LogP contribution >= 0.6 is 0 Å². The molecule has 0 saturated carbocycles. The van der Waals surface area contributed by atoms with Gasteiger partial charge >= 0.3 is 0 Å². The van der Waals surface area contributed by atoms with Crippen molar-refractivity contribution in [3.8, 4) is 11.5 Å². The van der Waals surface area contributed by atoms with E-state index in [9.17, 15) is 0 Å². The summed E-state index contributed by atoms with van der Waals surface area (Å²) >= 11 is 0. The van der Waals surface area contributed by atoms with Gasteiger partial charge in [0, 0.05) is 18.8 Å². The third-order valence-electron chi connectivity index (χ3n) is 2.77. The van der Waals surface area contributed by atoms with E-state index in [4.69, 9.17) is 10.5 Å². The molecule has 0 atom stereocenters. The van der Waals surface area contributed by atoms with Gasteiger partial charge in [0.25, 0.3) is 0 Å². The molecule has 0 aliphatic carbocycles. The van der Waals surface area contributed by atoms with Crippen molar-refractivity contribution in [3.63, 3.8) is 0 Å². The Bertz CT molecular complexity index is 523. The zero-order chi connectivity index (χ0) is 13.0. The summed E-state index contributed by atoms with van der Waals surface area (Å²) in [5.74, 6) is 2.09. The summed E-state index contributed by atoms with van der Waals surface area (Å²) in [6.07, 6.45) is 1.72. The Morgan fingerprint density at radius 3 is 2.72 bits per heavy atom. The zero-order valence-corrected chi connectivity index (χ0v) is 10.8. The number of rotatable bonds is 4. The van der Waals surface area contributed by atoms with E-state index in [0.29, 0.717) is 12.5 Å². The average molecular weight is 242 g/mol. The fourth-order valence-corrected chi connectivity index (χ4v) is 1.81. The second-order valence-electron chi connectivity index (χ2n) is 4.48. The van der Waals surface area contributed by atoms with Crippen LogP contribution in [0.5, 0.6) is 11.5 Å². The molecule has 3 nitrogen and oxygen atoms in total. The van der Waals surface area contributed by atoms with Crippen molar-refractivity contribution in [2.45, 2.75) is 26.3 Å². The van der Waals surface area contributed by atoms with Gasteiger partial charge in [0.05, 0.1) is 5.69 Å². The molecule has 3 heteroatoms. The van der Waals surface area contributed by atoms with Crippen LogP contribution < -0.4 is 10.5 Å². The maximum atomic E-state index is 5.92. The van der Waals surface area contributed by atoms with Crippen LogP contribution in [0.3, 0.4) is 0 Å². The third kappa shape index (κ3) is 2.87. The van der Waals surface area contributed by atoms with E-state index in [1.165, 1.54) is 5.56 Å². The van der Waals surface area contributed by atoms with Gasteiger partial charge in [0.1, 0.15) is 11.5 Å². The Morgan fingerprint density at radius 2 is 2.00 bits per heavy atom. The summed E-state index contributed by atoms with van der Waals surface area (Å²) in [6, 6.07) is 11.8. The van der Waals surface area contributed by atoms with Crippen LogP contribution in [0.25, 0.3) is 0 Å². The Balaban J connectivity index is 2.28. The first-order valence-electron chi connectivity index (χ1n) is 6.12. The normalized spacial score (nSPS) is 10.7. The van der Waals surface area contributed by atoms with Gasteiger partial charge in [0.15, 0.2) is 0 Å². The summed E-state index contributed by atoms with van der Waals surface area (Å²) in [5, 5.41) is 0. The van der Waals surface area contributed by atoms with Gasteiger partial charge in [-0.25, -0.2) is 0 Å². The molecule has 0 bridgehead atoms.